The molecule has 0 aromatic heterocycles. The van der Waals surface area contributed by atoms with Crippen LogP contribution in [0.4, 0.5) is 5.69 Å². The number of hydrogen-bond acceptors (Lipinski definition) is 4. The Morgan fingerprint density at radius 1 is 0.967 bits per heavy atom. The van der Waals surface area contributed by atoms with Crippen molar-refractivity contribution >= 4 is 21.6 Å². The van der Waals surface area contributed by atoms with Crippen LogP contribution in [0.5, 0.6) is 0 Å². The number of nitrogens with one attached hydrogen (secondary N) is 1. The summed E-state index contributed by atoms with van der Waals surface area (Å²) in [4.78, 5) is 17.2. The van der Waals surface area contributed by atoms with Crippen LogP contribution in [0.25, 0.3) is 0 Å². The quantitative estimate of drug-likeness (QED) is 0.730. The lowest BCUT2D eigenvalue weighted by Crippen LogP contribution is -2.49. The second kappa shape index (κ2) is 9.62. The molecule has 7 heteroatoms. The number of carbonyl (C=O) groups is 1. The van der Waals surface area contributed by atoms with Crippen molar-refractivity contribution < 1.29 is 13.2 Å². The van der Waals surface area contributed by atoms with Crippen molar-refractivity contribution in [2.45, 2.75) is 32.1 Å². The highest BCUT2D eigenvalue weighted by molar-refractivity contribution is 7.92. The summed E-state index contributed by atoms with van der Waals surface area (Å²) in [5.74, 6) is 0.633. The highest BCUT2D eigenvalue weighted by atomic mass is 32.2. The van der Waals surface area contributed by atoms with Crippen LogP contribution in [0.15, 0.2) is 53.4 Å². The number of hydrogen-bond donors (Lipinski definition) is 1. The molecule has 6 nitrogen and oxygen atoms in total. The van der Waals surface area contributed by atoms with E-state index in [0.29, 0.717) is 30.3 Å². The van der Waals surface area contributed by atoms with E-state index >= 15 is 0 Å². The minimum absolute atomic E-state index is 0.0473. The van der Waals surface area contributed by atoms with Gasteiger partial charge in [0.05, 0.1) is 4.90 Å². The minimum Gasteiger partial charge on any atom is -0.336 e. The Bertz CT molecular complexity index is 946. The Kier molecular flexibility index (Phi) is 7.15. The third kappa shape index (κ3) is 5.83. The van der Waals surface area contributed by atoms with Crippen LogP contribution in [0.2, 0.25) is 0 Å². The van der Waals surface area contributed by atoms with Crippen LogP contribution in [0.3, 0.4) is 0 Å². The molecule has 2 aromatic carbocycles. The number of carbonyl (C=O) groups excluding carboxylic acids is 1. The average Bonchev–Trinajstić information content (AvgIpc) is 2.74. The van der Waals surface area contributed by atoms with Gasteiger partial charge in [-0.05, 0) is 62.2 Å². The standard InChI is InChI=1S/C23H31N3O3S/c1-18(2)12-13-25-14-16-26(17-15-25)23(27)20-6-10-22(11-7-20)30(28,29)24-21-8-4-19(3)5-9-21/h4-11,18,24H,12-17H2,1-3H3. The van der Waals surface area contributed by atoms with Gasteiger partial charge in [-0.1, -0.05) is 31.5 Å². The first kappa shape index (κ1) is 22.3. The van der Waals surface area contributed by atoms with Crippen LogP contribution in [-0.2, 0) is 10.0 Å². The maximum Gasteiger partial charge on any atom is 0.261 e. The fraction of sp³-hybridized carbons (Fsp3) is 0.435. The van der Waals surface area contributed by atoms with Crippen LogP contribution in [0.1, 0.15) is 36.2 Å². The Morgan fingerprint density at radius 2 is 1.57 bits per heavy atom. The molecule has 162 valence electrons. The number of sulfonamides is 1. The lowest BCUT2D eigenvalue weighted by molar-refractivity contribution is 0.0631. The molecule has 1 saturated heterocycles. The van der Waals surface area contributed by atoms with Gasteiger partial charge in [0.15, 0.2) is 0 Å². The molecule has 1 aliphatic heterocycles. The van der Waals surface area contributed by atoms with Gasteiger partial charge in [-0.25, -0.2) is 8.42 Å². The lowest BCUT2D eigenvalue weighted by atomic mass is 10.1. The predicted molar refractivity (Wildman–Crippen MR) is 120 cm³/mol. The van der Waals surface area contributed by atoms with E-state index in [4.69, 9.17) is 0 Å². The van der Waals surface area contributed by atoms with Crippen molar-refractivity contribution in [3.8, 4) is 0 Å². The van der Waals surface area contributed by atoms with Crippen LogP contribution in [-0.4, -0.2) is 56.8 Å². The summed E-state index contributed by atoms with van der Waals surface area (Å²) >= 11 is 0. The zero-order valence-corrected chi connectivity index (χ0v) is 18.8. The summed E-state index contributed by atoms with van der Waals surface area (Å²) in [6.07, 6.45) is 1.17. The summed E-state index contributed by atoms with van der Waals surface area (Å²) in [5.41, 5.74) is 2.08. The number of nitrogens with zero attached hydrogens (tertiary/aromatic N) is 2. The Labute approximate surface area is 179 Å². The van der Waals surface area contributed by atoms with Gasteiger partial charge in [-0.3, -0.25) is 14.4 Å². The van der Waals surface area contributed by atoms with Crippen LogP contribution in [0, 0.1) is 12.8 Å². The van der Waals surface area contributed by atoms with E-state index in [1.807, 2.05) is 24.0 Å². The van der Waals surface area contributed by atoms with Gasteiger partial charge in [0.1, 0.15) is 0 Å². The molecule has 1 amide bonds. The number of benzene rings is 2. The number of rotatable bonds is 7. The zero-order chi connectivity index (χ0) is 21.7. The van der Waals surface area contributed by atoms with Crippen molar-refractivity contribution in [3.63, 3.8) is 0 Å². The molecule has 1 aliphatic rings. The van der Waals surface area contributed by atoms with E-state index in [1.165, 1.54) is 18.6 Å². The molecule has 3 rings (SSSR count). The Morgan fingerprint density at radius 3 is 2.13 bits per heavy atom. The Hall–Kier alpha value is -2.38. The van der Waals surface area contributed by atoms with Crippen LogP contribution >= 0.6 is 0 Å². The Balaban J connectivity index is 1.60. The first-order valence-corrected chi connectivity index (χ1v) is 11.9. The van der Waals surface area contributed by atoms with Crippen molar-refractivity contribution in [2.75, 3.05) is 37.4 Å². The lowest BCUT2D eigenvalue weighted by Gasteiger charge is -2.35. The number of amides is 1. The molecule has 30 heavy (non-hydrogen) atoms. The van der Waals surface area contributed by atoms with Crippen molar-refractivity contribution in [2.24, 2.45) is 5.92 Å². The largest absolute Gasteiger partial charge is 0.336 e. The molecule has 0 saturated carbocycles. The first-order chi connectivity index (χ1) is 14.2. The molecule has 0 unspecified atom stereocenters. The first-order valence-electron chi connectivity index (χ1n) is 10.5. The highest BCUT2D eigenvalue weighted by Gasteiger charge is 2.23. The molecular formula is C23H31N3O3S. The zero-order valence-electron chi connectivity index (χ0n) is 18.0. The SMILES string of the molecule is Cc1ccc(NS(=O)(=O)c2ccc(C(=O)N3CCN(CCC(C)C)CC3)cc2)cc1. The number of anilines is 1. The molecule has 1 N–H and O–H groups in total. The summed E-state index contributed by atoms with van der Waals surface area (Å²) < 4.78 is 27.8. The fourth-order valence-corrected chi connectivity index (χ4v) is 4.47. The van der Waals surface area contributed by atoms with Crippen molar-refractivity contribution in [3.05, 3.63) is 59.7 Å². The second-order valence-electron chi connectivity index (χ2n) is 8.31. The van der Waals surface area contributed by atoms with Gasteiger partial charge in [0.2, 0.25) is 0 Å². The molecular weight excluding hydrogens is 398 g/mol. The average molecular weight is 430 g/mol. The molecule has 0 radical (unpaired) electrons. The maximum absolute atomic E-state index is 12.8. The number of piperazine rings is 1. The summed E-state index contributed by atoms with van der Waals surface area (Å²) in [5, 5.41) is 0. The third-order valence-corrected chi connectivity index (χ3v) is 6.79. The van der Waals surface area contributed by atoms with Gasteiger partial charge in [0.25, 0.3) is 15.9 Å². The van der Waals surface area contributed by atoms with Gasteiger partial charge in [-0.15, -0.1) is 0 Å². The molecule has 0 spiro atoms. The molecule has 2 aromatic rings. The van der Waals surface area contributed by atoms with E-state index in [0.717, 1.165) is 25.2 Å². The number of aryl methyl sites for hydroxylation is 1. The van der Waals surface area contributed by atoms with Crippen LogP contribution < -0.4 is 4.72 Å². The fourth-order valence-electron chi connectivity index (χ4n) is 3.41. The second-order valence-corrected chi connectivity index (χ2v) is 9.99. The van der Waals surface area contributed by atoms with Crippen molar-refractivity contribution in [1.29, 1.82) is 0 Å². The molecule has 1 fully saturated rings. The third-order valence-electron chi connectivity index (χ3n) is 5.40. The van der Waals surface area contributed by atoms with Gasteiger partial charge in [-0.2, -0.15) is 0 Å². The normalized spacial score (nSPS) is 15.4. The predicted octanol–water partition coefficient (Wildman–Crippen LogP) is 3.60. The summed E-state index contributed by atoms with van der Waals surface area (Å²) in [6.45, 7) is 10.6. The molecule has 0 aliphatic carbocycles. The summed E-state index contributed by atoms with van der Waals surface area (Å²) in [6, 6.07) is 13.3. The highest BCUT2D eigenvalue weighted by Crippen LogP contribution is 2.18. The van der Waals surface area contributed by atoms with E-state index in [1.54, 1.807) is 24.3 Å². The van der Waals surface area contributed by atoms with E-state index < -0.39 is 10.0 Å². The maximum atomic E-state index is 12.8. The van der Waals surface area contributed by atoms with E-state index in [9.17, 15) is 13.2 Å². The van der Waals surface area contributed by atoms with Crippen molar-refractivity contribution in [1.82, 2.24) is 9.80 Å². The molecule has 0 bridgehead atoms. The van der Waals surface area contributed by atoms with Gasteiger partial charge < -0.3 is 4.90 Å². The smallest absolute Gasteiger partial charge is 0.261 e. The monoisotopic (exact) mass is 429 g/mol. The molecule has 0 atom stereocenters. The van der Waals surface area contributed by atoms with Gasteiger partial charge >= 0.3 is 0 Å². The summed E-state index contributed by atoms with van der Waals surface area (Å²) in [7, 11) is -3.70. The minimum atomic E-state index is -3.70. The van der Waals surface area contributed by atoms with Gasteiger partial charge in [0, 0.05) is 37.4 Å². The van der Waals surface area contributed by atoms with E-state index in [2.05, 4.69) is 23.5 Å². The topological polar surface area (TPSA) is 69.7 Å². The molecule has 1 heterocycles. The van der Waals surface area contributed by atoms with E-state index in [-0.39, 0.29) is 10.8 Å².